The molecule has 0 N–H and O–H groups in total. The molecule has 6 nitrogen and oxygen atoms in total. The molecular weight excluding hydrogens is 300 g/mol. The predicted octanol–water partition coefficient (Wildman–Crippen LogP) is 2.20. The molecule has 0 aliphatic heterocycles. The molecule has 0 aromatic rings. The van der Waals surface area contributed by atoms with Crippen molar-refractivity contribution in [1.29, 1.82) is 0 Å². The highest BCUT2D eigenvalue weighted by molar-refractivity contribution is 5.96. The van der Waals surface area contributed by atoms with Crippen LogP contribution in [0.2, 0.25) is 0 Å². The minimum Gasteiger partial charge on any atom is -0.462 e. The summed E-state index contributed by atoms with van der Waals surface area (Å²) in [6.45, 7) is 7.65. The molecule has 0 radical (unpaired) electrons. The number of carbonyl (C=O) groups is 3. The Kier molecular flexibility index (Phi) is 8.55. The van der Waals surface area contributed by atoms with E-state index in [1.807, 2.05) is 6.92 Å². The van der Waals surface area contributed by atoms with Gasteiger partial charge >= 0.3 is 11.9 Å². The molecule has 0 aromatic heterocycles. The molecule has 0 amide bonds. The standard InChI is InChI=1S/C17H26O6/c1-12(2)17(20)23-10-9-22-16(19)7-5-4-6-8-21-13(3)14-11-15(14)18/h13-14H,1,4-11H2,2-3H3. The predicted molar refractivity (Wildman–Crippen MR) is 83.7 cm³/mol. The maximum Gasteiger partial charge on any atom is 0.333 e. The fourth-order valence-electron chi connectivity index (χ4n) is 2.00. The Morgan fingerprint density at radius 1 is 1.17 bits per heavy atom. The summed E-state index contributed by atoms with van der Waals surface area (Å²) in [5.74, 6) is -0.393. The van der Waals surface area contributed by atoms with E-state index in [-0.39, 0.29) is 37.0 Å². The molecule has 6 heteroatoms. The highest BCUT2D eigenvalue weighted by Gasteiger charge is 2.39. The number of rotatable bonds is 12. The molecule has 0 heterocycles. The summed E-state index contributed by atoms with van der Waals surface area (Å²) < 4.78 is 15.3. The van der Waals surface area contributed by atoms with Crippen LogP contribution in [0.4, 0.5) is 0 Å². The van der Waals surface area contributed by atoms with Gasteiger partial charge in [0.25, 0.3) is 0 Å². The van der Waals surface area contributed by atoms with E-state index in [0.29, 0.717) is 25.0 Å². The molecule has 2 unspecified atom stereocenters. The number of ether oxygens (including phenoxy) is 3. The third-order valence-corrected chi connectivity index (χ3v) is 3.58. The lowest BCUT2D eigenvalue weighted by molar-refractivity contribution is -0.150. The van der Waals surface area contributed by atoms with Gasteiger partial charge in [-0.05, 0) is 26.7 Å². The summed E-state index contributed by atoms with van der Waals surface area (Å²) in [5, 5.41) is 0. The van der Waals surface area contributed by atoms with Crippen molar-refractivity contribution in [3.8, 4) is 0 Å². The Morgan fingerprint density at radius 2 is 1.83 bits per heavy atom. The number of esters is 2. The average molecular weight is 326 g/mol. The second-order valence-electron chi connectivity index (χ2n) is 5.80. The van der Waals surface area contributed by atoms with Crippen LogP contribution in [0.1, 0.15) is 46.0 Å². The first-order valence-corrected chi connectivity index (χ1v) is 8.04. The van der Waals surface area contributed by atoms with Crippen LogP contribution in [-0.2, 0) is 28.6 Å². The van der Waals surface area contributed by atoms with Crippen molar-refractivity contribution < 1.29 is 28.6 Å². The van der Waals surface area contributed by atoms with Crippen LogP contribution >= 0.6 is 0 Å². The number of hydrogen-bond acceptors (Lipinski definition) is 6. The van der Waals surface area contributed by atoms with E-state index in [1.165, 1.54) is 0 Å². The summed E-state index contributed by atoms with van der Waals surface area (Å²) in [7, 11) is 0. The van der Waals surface area contributed by atoms with Gasteiger partial charge in [0, 0.05) is 25.0 Å². The van der Waals surface area contributed by atoms with E-state index in [9.17, 15) is 14.4 Å². The van der Waals surface area contributed by atoms with E-state index < -0.39 is 5.97 Å². The smallest absolute Gasteiger partial charge is 0.333 e. The minimum absolute atomic E-state index is 0.00868. The third kappa shape index (κ3) is 8.50. The highest BCUT2D eigenvalue weighted by atomic mass is 16.6. The maximum absolute atomic E-state index is 11.4. The minimum atomic E-state index is -0.483. The van der Waals surface area contributed by atoms with E-state index in [2.05, 4.69) is 6.58 Å². The van der Waals surface area contributed by atoms with E-state index >= 15 is 0 Å². The average Bonchev–Trinajstić information content (AvgIpc) is 3.23. The van der Waals surface area contributed by atoms with Gasteiger partial charge in [0.2, 0.25) is 0 Å². The zero-order valence-corrected chi connectivity index (χ0v) is 14.0. The Hall–Kier alpha value is -1.69. The van der Waals surface area contributed by atoms with Gasteiger partial charge in [0.05, 0.1) is 12.0 Å². The van der Waals surface area contributed by atoms with Crippen molar-refractivity contribution in [2.75, 3.05) is 19.8 Å². The molecule has 0 spiro atoms. The molecule has 130 valence electrons. The van der Waals surface area contributed by atoms with Gasteiger partial charge in [0.1, 0.15) is 19.0 Å². The van der Waals surface area contributed by atoms with Crippen molar-refractivity contribution in [3.63, 3.8) is 0 Å². The van der Waals surface area contributed by atoms with Crippen LogP contribution in [0.5, 0.6) is 0 Å². The van der Waals surface area contributed by atoms with Crippen LogP contribution in [-0.4, -0.2) is 43.6 Å². The molecule has 0 aromatic carbocycles. The van der Waals surface area contributed by atoms with Crippen molar-refractivity contribution in [3.05, 3.63) is 12.2 Å². The topological polar surface area (TPSA) is 78.9 Å². The summed E-state index contributed by atoms with van der Waals surface area (Å²) in [6, 6.07) is 0. The Morgan fingerprint density at radius 3 is 2.43 bits per heavy atom. The van der Waals surface area contributed by atoms with Crippen molar-refractivity contribution in [2.24, 2.45) is 5.92 Å². The van der Waals surface area contributed by atoms with Crippen molar-refractivity contribution in [2.45, 2.75) is 52.1 Å². The van der Waals surface area contributed by atoms with Gasteiger partial charge in [-0.25, -0.2) is 4.79 Å². The van der Waals surface area contributed by atoms with E-state index in [1.54, 1.807) is 6.92 Å². The molecular formula is C17H26O6. The first kappa shape index (κ1) is 19.4. The zero-order chi connectivity index (χ0) is 17.2. The van der Waals surface area contributed by atoms with Gasteiger partial charge < -0.3 is 14.2 Å². The lowest BCUT2D eigenvalue weighted by Crippen LogP contribution is -2.14. The summed E-state index contributed by atoms with van der Waals surface area (Å²) in [6.07, 6.45) is 3.44. The normalized spacial score (nSPS) is 17.5. The number of ketones is 1. The van der Waals surface area contributed by atoms with Crippen molar-refractivity contribution >= 4 is 17.7 Å². The number of carbonyl (C=O) groups excluding carboxylic acids is 3. The van der Waals surface area contributed by atoms with Crippen LogP contribution < -0.4 is 0 Å². The lowest BCUT2D eigenvalue weighted by Gasteiger charge is -2.10. The molecule has 1 aliphatic rings. The van der Waals surface area contributed by atoms with Gasteiger partial charge in [0.15, 0.2) is 0 Å². The summed E-state index contributed by atoms with van der Waals surface area (Å²) in [4.78, 5) is 33.5. The molecule has 0 saturated heterocycles. The van der Waals surface area contributed by atoms with Crippen LogP contribution in [0.3, 0.4) is 0 Å². The molecule has 1 fully saturated rings. The van der Waals surface area contributed by atoms with Gasteiger partial charge in [-0.2, -0.15) is 0 Å². The number of hydrogen-bond donors (Lipinski definition) is 0. The van der Waals surface area contributed by atoms with Gasteiger partial charge in [-0.15, -0.1) is 0 Å². The largest absolute Gasteiger partial charge is 0.462 e. The Balaban J connectivity index is 1.89. The third-order valence-electron chi connectivity index (χ3n) is 3.58. The Labute approximate surface area is 137 Å². The summed E-state index contributed by atoms with van der Waals surface area (Å²) >= 11 is 0. The first-order valence-electron chi connectivity index (χ1n) is 8.04. The fourth-order valence-corrected chi connectivity index (χ4v) is 2.00. The van der Waals surface area contributed by atoms with Crippen LogP contribution in [0, 0.1) is 5.92 Å². The van der Waals surface area contributed by atoms with E-state index in [4.69, 9.17) is 14.2 Å². The fraction of sp³-hybridized carbons (Fsp3) is 0.706. The zero-order valence-electron chi connectivity index (χ0n) is 14.0. The Bertz CT molecular complexity index is 442. The second kappa shape index (κ2) is 10.2. The quantitative estimate of drug-likeness (QED) is 0.311. The number of Topliss-reactive ketones (excluding diaryl/α,β-unsaturated/α-hetero) is 1. The highest BCUT2D eigenvalue weighted by Crippen LogP contribution is 2.29. The molecule has 1 aliphatic carbocycles. The monoisotopic (exact) mass is 326 g/mol. The first-order chi connectivity index (χ1) is 10.9. The molecule has 1 saturated carbocycles. The SMILES string of the molecule is C=C(C)C(=O)OCCOC(=O)CCCCCOC(C)C1CC1=O. The maximum atomic E-state index is 11.4. The molecule has 23 heavy (non-hydrogen) atoms. The van der Waals surface area contributed by atoms with Crippen LogP contribution in [0.25, 0.3) is 0 Å². The molecule has 0 bridgehead atoms. The van der Waals surface area contributed by atoms with Crippen LogP contribution in [0.15, 0.2) is 12.2 Å². The number of unbranched alkanes of at least 4 members (excludes halogenated alkanes) is 2. The lowest BCUT2D eigenvalue weighted by atomic mass is 10.2. The second-order valence-corrected chi connectivity index (χ2v) is 5.80. The van der Waals surface area contributed by atoms with Crippen molar-refractivity contribution in [1.82, 2.24) is 0 Å². The van der Waals surface area contributed by atoms with Gasteiger partial charge in [-0.1, -0.05) is 13.0 Å². The molecule has 2 atom stereocenters. The van der Waals surface area contributed by atoms with E-state index in [0.717, 1.165) is 19.3 Å². The summed E-state index contributed by atoms with van der Waals surface area (Å²) in [5.41, 5.74) is 0.318. The molecule has 1 rings (SSSR count). The van der Waals surface area contributed by atoms with Gasteiger partial charge in [-0.3, -0.25) is 9.59 Å².